The van der Waals surface area contributed by atoms with Gasteiger partial charge in [0.25, 0.3) is 10.0 Å². The van der Waals surface area contributed by atoms with Crippen molar-refractivity contribution >= 4 is 21.7 Å². The zero-order valence-corrected chi connectivity index (χ0v) is 13.2. The summed E-state index contributed by atoms with van der Waals surface area (Å²) in [5, 5.41) is 0. The largest absolute Gasteiger partial charge is 0.462 e. The molecule has 0 N–H and O–H groups in total. The van der Waals surface area contributed by atoms with E-state index in [1.807, 2.05) is 0 Å². The van der Waals surface area contributed by atoms with Crippen LogP contribution in [0.4, 0.5) is 5.69 Å². The molecule has 0 bridgehead atoms. The number of anilines is 1. The Morgan fingerprint density at radius 1 is 1.05 bits per heavy atom. The molecule has 0 aliphatic rings. The lowest BCUT2D eigenvalue weighted by atomic mass is 10.2. The molecule has 2 aromatic rings. The second-order valence-corrected chi connectivity index (χ2v) is 6.49. The average Bonchev–Trinajstić information content (AvgIpc) is 2.55. The Balaban J connectivity index is 2.46. The van der Waals surface area contributed by atoms with Gasteiger partial charge in [-0.05, 0) is 31.2 Å². The van der Waals surface area contributed by atoms with Crippen molar-refractivity contribution in [1.29, 1.82) is 0 Å². The molecule has 0 aliphatic heterocycles. The fourth-order valence-corrected chi connectivity index (χ4v) is 3.25. The second kappa shape index (κ2) is 6.62. The summed E-state index contributed by atoms with van der Waals surface area (Å²) in [5.74, 6) is -0.548. The summed E-state index contributed by atoms with van der Waals surface area (Å²) in [7, 11) is -2.32. The number of esters is 1. The molecule has 6 heteroatoms. The van der Waals surface area contributed by atoms with E-state index < -0.39 is 16.0 Å². The van der Waals surface area contributed by atoms with E-state index in [1.165, 1.54) is 19.2 Å². The average molecular weight is 319 g/mol. The predicted molar refractivity (Wildman–Crippen MR) is 84.4 cm³/mol. The molecular formula is C16H17NO4S. The van der Waals surface area contributed by atoms with Gasteiger partial charge in [-0.1, -0.05) is 30.3 Å². The first-order valence-electron chi connectivity index (χ1n) is 6.78. The molecule has 2 aromatic carbocycles. The first-order valence-corrected chi connectivity index (χ1v) is 8.22. The number of hydrogen-bond donors (Lipinski definition) is 0. The van der Waals surface area contributed by atoms with Crippen LogP contribution in [0.25, 0.3) is 0 Å². The molecule has 22 heavy (non-hydrogen) atoms. The minimum absolute atomic E-state index is 0.163. The number of rotatable bonds is 5. The summed E-state index contributed by atoms with van der Waals surface area (Å²) in [4.78, 5) is 12.2. The number of ether oxygens (including phenoxy) is 1. The Bertz CT molecular complexity index is 757. The Morgan fingerprint density at radius 3 is 2.27 bits per heavy atom. The first-order chi connectivity index (χ1) is 10.5. The Morgan fingerprint density at radius 2 is 1.64 bits per heavy atom. The summed E-state index contributed by atoms with van der Waals surface area (Å²) < 4.78 is 31.3. The third kappa shape index (κ3) is 3.12. The van der Waals surface area contributed by atoms with E-state index >= 15 is 0 Å². The molecule has 0 heterocycles. The van der Waals surface area contributed by atoms with Crippen molar-refractivity contribution in [2.24, 2.45) is 0 Å². The van der Waals surface area contributed by atoms with E-state index in [1.54, 1.807) is 49.4 Å². The van der Waals surface area contributed by atoms with Crippen LogP contribution >= 0.6 is 0 Å². The molecule has 0 saturated carbocycles. The van der Waals surface area contributed by atoms with E-state index in [9.17, 15) is 13.2 Å². The second-order valence-electron chi connectivity index (χ2n) is 4.52. The normalized spacial score (nSPS) is 11.0. The van der Waals surface area contributed by atoms with Crippen LogP contribution in [0.15, 0.2) is 59.5 Å². The van der Waals surface area contributed by atoms with Gasteiger partial charge in [-0.25, -0.2) is 13.2 Å². The van der Waals surface area contributed by atoms with Crippen molar-refractivity contribution in [2.45, 2.75) is 11.8 Å². The molecule has 0 aliphatic carbocycles. The summed E-state index contributed by atoms with van der Waals surface area (Å²) in [6.45, 7) is 1.92. The van der Waals surface area contributed by atoms with Gasteiger partial charge in [0.2, 0.25) is 0 Å². The van der Waals surface area contributed by atoms with Crippen molar-refractivity contribution in [3.63, 3.8) is 0 Å². The van der Waals surface area contributed by atoms with Gasteiger partial charge in [0, 0.05) is 7.05 Å². The molecule has 0 fully saturated rings. The van der Waals surface area contributed by atoms with Gasteiger partial charge in [0.15, 0.2) is 0 Å². The molecule has 0 unspecified atom stereocenters. The van der Waals surface area contributed by atoms with Gasteiger partial charge in [0.05, 0.1) is 22.8 Å². The van der Waals surface area contributed by atoms with Crippen LogP contribution in [-0.4, -0.2) is 28.0 Å². The Labute approximate surface area is 130 Å². The summed E-state index contributed by atoms with van der Waals surface area (Å²) in [6, 6.07) is 14.5. The third-order valence-electron chi connectivity index (χ3n) is 3.14. The smallest absolute Gasteiger partial charge is 0.340 e. The molecule has 0 radical (unpaired) electrons. The van der Waals surface area contributed by atoms with E-state index in [0.29, 0.717) is 0 Å². The van der Waals surface area contributed by atoms with Gasteiger partial charge in [-0.15, -0.1) is 0 Å². The first kappa shape index (κ1) is 16.0. The zero-order chi connectivity index (χ0) is 16.2. The highest BCUT2D eigenvalue weighted by Gasteiger charge is 2.25. The lowest BCUT2D eigenvalue weighted by Gasteiger charge is -2.21. The zero-order valence-electron chi connectivity index (χ0n) is 12.4. The third-order valence-corrected chi connectivity index (χ3v) is 4.93. The van der Waals surface area contributed by atoms with E-state index in [0.717, 1.165) is 4.31 Å². The van der Waals surface area contributed by atoms with Crippen LogP contribution in [0.2, 0.25) is 0 Å². The topological polar surface area (TPSA) is 63.7 Å². The van der Waals surface area contributed by atoms with Gasteiger partial charge < -0.3 is 4.74 Å². The molecule has 0 aromatic heterocycles. The summed E-state index contributed by atoms with van der Waals surface area (Å²) in [6.07, 6.45) is 0. The van der Waals surface area contributed by atoms with Crippen LogP contribution in [0.3, 0.4) is 0 Å². The summed E-state index contributed by atoms with van der Waals surface area (Å²) in [5.41, 5.74) is 0.496. The number of para-hydroxylation sites is 1. The Kier molecular flexibility index (Phi) is 4.82. The maximum atomic E-state index is 12.6. The number of carbonyl (C=O) groups excluding carboxylic acids is 1. The molecule has 0 spiro atoms. The van der Waals surface area contributed by atoms with E-state index in [4.69, 9.17) is 4.74 Å². The molecular weight excluding hydrogens is 302 g/mol. The van der Waals surface area contributed by atoms with Gasteiger partial charge in [-0.3, -0.25) is 4.31 Å². The maximum Gasteiger partial charge on any atom is 0.340 e. The highest BCUT2D eigenvalue weighted by atomic mass is 32.2. The van der Waals surface area contributed by atoms with Crippen molar-refractivity contribution in [1.82, 2.24) is 0 Å². The van der Waals surface area contributed by atoms with Crippen molar-refractivity contribution < 1.29 is 17.9 Å². The van der Waals surface area contributed by atoms with Crippen molar-refractivity contribution in [3.05, 3.63) is 60.2 Å². The van der Waals surface area contributed by atoms with Gasteiger partial charge in [0.1, 0.15) is 0 Å². The van der Waals surface area contributed by atoms with Crippen LogP contribution in [0.5, 0.6) is 0 Å². The quantitative estimate of drug-likeness (QED) is 0.795. The number of sulfonamides is 1. The van der Waals surface area contributed by atoms with Crippen LogP contribution in [0, 0.1) is 0 Å². The fraction of sp³-hybridized carbons (Fsp3) is 0.188. The predicted octanol–water partition coefficient (Wildman–Crippen LogP) is 2.69. The molecule has 2 rings (SSSR count). The molecule has 5 nitrogen and oxygen atoms in total. The number of benzene rings is 2. The minimum atomic E-state index is -3.74. The lowest BCUT2D eigenvalue weighted by molar-refractivity contribution is 0.0527. The molecule has 0 atom stereocenters. The highest BCUT2D eigenvalue weighted by molar-refractivity contribution is 7.92. The Hall–Kier alpha value is -2.34. The molecule has 0 saturated heterocycles. The number of carbonyl (C=O) groups is 1. The van der Waals surface area contributed by atoms with Crippen LogP contribution < -0.4 is 4.31 Å². The van der Waals surface area contributed by atoms with Crippen molar-refractivity contribution in [2.75, 3.05) is 18.0 Å². The molecule has 116 valence electrons. The van der Waals surface area contributed by atoms with Crippen LogP contribution in [0.1, 0.15) is 17.3 Å². The van der Waals surface area contributed by atoms with Gasteiger partial charge in [-0.2, -0.15) is 0 Å². The number of hydrogen-bond acceptors (Lipinski definition) is 4. The van der Waals surface area contributed by atoms with Gasteiger partial charge >= 0.3 is 5.97 Å². The number of nitrogens with zero attached hydrogens (tertiary/aromatic N) is 1. The lowest BCUT2D eigenvalue weighted by Crippen LogP contribution is -2.28. The van der Waals surface area contributed by atoms with Crippen LogP contribution in [-0.2, 0) is 14.8 Å². The fourth-order valence-electron chi connectivity index (χ4n) is 2.01. The standard InChI is InChI=1S/C16H17NO4S/c1-3-21-16(18)14-11-7-8-12-15(14)17(2)22(19,20)13-9-5-4-6-10-13/h4-12H,3H2,1-2H3. The monoisotopic (exact) mass is 319 g/mol. The van der Waals surface area contributed by atoms with E-state index in [2.05, 4.69) is 0 Å². The summed E-state index contributed by atoms with van der Waals surface area (Å²) >= 11 is 0. The van der Waals surface area contributed by atoms with Crippen molar-refractivity contribution in [3.8, 4) is 0 Å². The van der Waals surface area contributed by atoms with E-state index in [-0.39, 0.29) is 22.8 Å². The SMILES string of the molecule is CCOC(=O)c1ccccc1N(C)S(=O)(=O)c1ccccc1. The minimum Gasteiger partial charge on any atom is -0.462 e. The highest BCUT2D eigenvalue weighted by Crippen LogP contribution is 2.26. The maximum absolute atomic E-state index is 12.6. The molecule has 0 amide bonds.